The molecule has 1 heterocycles. The number of anilines is 2. The molecule has 0 aromatic carbocycles. The molecule has 0 saturated carbocycles. The van der Waals surface area contributed by atoms with E-state index in [-0.39, 0.29) is 11.6 Å². The van der Waals surface area contributed by atoms with Crippen LogP contribution in [-0.2, 0) is 0 Å². The molecule has 0 amide bonds. The van der Waals surface area contributed by atoms with Crippen LogP contribution in [0.5, 0.6) is 5.88 Å². The zero-order valence-electron chi connectivity index (χ0n) is 10.4. The third-order valence-corrected chi connectivity index (χ3v) is 2.61. The van der Waals surface area contributed by atoms with Crippen molar-refractivity contribution in [1.29, 1.82) is 0 Å². The van der Waals surface area contributed by atoms with Crippen LogP contribution < -0.4 is 11.1 Å². The van der Waals surface area contributed by atoms with Crippen LogP contribution in [0, 0.1) is 0 Å². The number of aromatic hydroxyl groups is 1. The van der Waals surface area contributed by atoms with Crippen LogP contribution in [0.15, 0.2) is 6.20 Å². The third kappa shape index (κ3) is 5.38. The number of aromatic nitrogens is 2. The van der Waals surface area contributed by atoms with Crippen molar-refractivity contribution in [2.75, 3.05) is 17.6 Å². The van der Waals surface area contributed by atoms with E-state index in [1.807, 2.05) is 0 Å². The predicted octanol–water partition coefficient (Wildman–Crippen LogP) is 2.54. The molecule has 5 heteroatoms. The second kappa shape index (κ2) is 7.70. The lowest BCUT2D eigenvalue weighted by molar-refractivity contribution is 0.455. The average Bonchev–Trinajstić information content (AvgIpc) is 2.32. The van der Waals surface area contributed by atoms with Gasteiger partial charge in [-0.3, -0.25) is 0 Å². The molecule has 17 heavy (non-hydrogen) atoms. The van der Waals surface area contributed by atoms with Crippen LogP contribution in [0.3, 0.4) is 0 Å². The van der Waals surface area contributed by atoms with E-state index in [1.54, 1.807) is 0 Å². The Kier molecular flexibility index (Phi) is 6.14. The molecule has 5 nitrogen and oxygen atoms in total. The van der Waals surface area contributed by atoms with Gasteiger partial charge in [-0.2, -0.15) is 4.98 Å². The Hall–Kier alpha value is -1.52. The highest BCUT2D eigenvalue weighted by Crippen LogP contribution is 2.15. The van der Waals surface area contributed by atoms with Gasteiger partial charge >= 0.3 is 0 Å². The van der Waals surface area contributed by atoms with Gasteiger partial charge in [-0.25, -0.2) is 4.98 Å². The number of nitrogens with one attached hydrogen (secondary N) is 1. The first-order valence-electron chi connectivity index (χ1n) is 6.29. The fourth-order valence-electron chi connectivity index (χ4n) is 1.57. The fourth-order valence-corrected chi connectivity index (χ4v) is 1.57. The summed E-state index contributed by atoms with van der Waals surface area (Å²) in [6, 6.07) is 0. The van der Waals surface area contributed by atoms with Gasteiger partial charge in [-0.05, 0) is 6.42 Å². The standard InChI is InChI=1S/C12H22N4O/c1-2-3-4-5-6-7-8-14-12-15-9-10(13)11(17)16-12/h9H,2-8,13H2,1H3,(H2,14,15,16,17). The molecule has 0 radical (unpaired) electrons. The highest BCUT2D eigenvalue weighted by molar-refractivity contribution is 5.47. The molecule has 4 N–H and O–H groups in total. The number of nitrogen functional groups attached to an aromatic ring is 1. The molecule has 0 aliphatic carbocycles. The van der Waals surface area contributed by atoms with Crippen molar-refractivity contribution in [2.24, 2.45) is 0 Å². The van der Waals surface area contributed by atoms with E-state index < -0.39 is 0 Å². The van der Waals surface area contributed by atoms with Crippen LogP contribution >= 0.6 is 0 Å². The van der Waals surface area contributed by atoms with Crippen molar-refractivity contribution in [3.05, 3.63) is 6.20 Å². The molecule has 0 aliphatic heterocycles. The van der Waals surface area contributed by atoms with E-state index in [4.69, 9.17) is 5.73 Å². The summed E-state index contributed by atoms with van der Waals surface area (Å²) in [5.74, 6) is 0.274. The summed E-state index contributed by atoms with van der Waals surface area (Å²) in [7, 11) is 0. The normalized spacial score (nSPS) is 10.4. The lowest BCUT2D eigenvalue weighted by atomic mass is 10.1. The molecule has 0 bridgehead atoms. The van der Waals surface area contributed by atoms with Gasteiger partial charge in [-0.1, -0.05) is 39.0 Å². The number of hydrogen-bond acceptors (Lipinski definition) is 5. The minimum atomic E-state index is -0.162. The Morgan fingerprint density at radius 1 is 1.24 bits per heavy atom. The maximum atomic E-state index is 9.28. The summed E-state index contributed by atoms with van der Waals surface area (Å²) in [5.41, 5.74) is 5.61. The maximum absolute atomic E-state index is 9.28. The summed E-state index contributed by atoms with van der Waals surface area (Å²) < 4.78 is 0. The highest BCUT2D eigenvalue weighted by atomic mass is 16.3. The second-order valence-electron chi connectivity index (χ2n) is 4.17. The van der Waals surface area contributed by atoms with Gasteiger partial charge in [0.1, 0.15) is 5.69 Å². The zero-order valence-corrected chi connectivity index (χ0v) is 10.4. The molecular weight excluding hydrogens is 216 g/mol. The van der Waals surface area contributed by atoms with Gasteiger partial charge in [0.2, 0.25) is 11.8 Å². The first-order valence-corrected chi connectivity index (χ1v) is 6.29. The van der Waals surface area contributed by atoms with Crippen molar-refractivity contribution in [3.63, 3.8) is 0 Å². The van der Waals surface area contributed by atoms with Crippen LogP contribution in [0.4, 0.5) is 11.6 Å². The Labute approximate surface area is 102 Å². The van der Waals surface area contributed by atoms with E-state index in [0.29, 0.717) is 5.95 Å². The second-order valence-corrected chi connectivity index (χ2v) is 4.17. The molecule has 0 unspecified atom stereocenters. The SMILES string of the molecule is CCCCCCCCNc1ncc(N)c(O)n1. The van der Waals surface area contributed by atoms with Gasteiger partial charge in [0.05, 0.1) is 6.20 Å². The van der Waals surface area contributed by atoms with Crippen molar-refractivity contribution in [1.82, 2.24) is 9.97 Å². The van der Waals surface area contributed by atoms with E-state index in [2.05, 4.69) is 22.2 Å². The molecule has 0 saturated heterocycles. The molecule has 0 fully saturated rings. The van der Waals surface area contributed by atoms with E-state index in [9.17, 15) is 5.11 Å². The Morgan fingerprint density at radius 3 is 2.65 bits per heavy atom. The van der Waals surface area contributed by atoms with E-state index in [0.717, 1.165) is 13.0 Å². The first-order chi connectivity index (χ1) is 8.24. The molecule has 1 aromatic heterocycles. The minimum absolute atomic E-state index is 0.162. The van der Waals surface area contributed by atoms with Crippen molar-refractivity contribution < 1.29 is 5.11 Å². The summed E-state index contributed by atoms with van der Waals surface area (Å²) in [6.07, 6.45) is 8.91. The first kappa shape index (κ1) is 13.5. The third-order valence-electron chi connectivity index (χ3n) is 2.61. The highest BCUT2D eigenvalue weighted by Gasteiger charge is 2.01. The quantitative estimate of drug-likeness (QED) is 0.606. The van der Waals surface area contributed by atoms with E-state index >= 15 is 0 Å². The van der Waals surface area contributed by atoms with Crippen molar-refractivity contribution in [2.45, 2.75) is 45.4 Å². The zero-order chi connectivity index (χ0) is 12.5. The van der Waals surface area contributed by atoms with Crippen LogP contribution in [-0.4, -0.2) is 21.6 Å². The predicted molar refractivity (Wildman–Crippen MR) is 70.0 cm³/mol. The summed E-state index contributed by atoms with van der Waals surface area (Å²) >= 11 is 0. The molecule has 1 rings (SSSR count). The Bertz CT molecular complexity index is 330. The average molecular weight is 238 g/mol. The lowest BCUT2D eigenvalue weighted by Crippen LogP contribution is -2.05. The van der Waals surface area contributed by atoms with Crippen molar-refractivity contribution >= 4 is 11.6 Å². The van der Waals surface area contributed by atoms with Crippen LogP contribution in [0.25, 0.3) is 0 Å². The number of hydrogen-bond donors (Lipinski definition) is 3. The molecule has 96 valence electrons. The molecule has 0 spiro atoms. The summed E-state index contributed by atoms with van der Waals surface area (Å²) in [6.45, 7) is 3.04. The van der Waals surface area contributed by atoms with E-state index in [1.165, 1.54) is 38.3 Å². The molecule has 0 aliphatic rings. The van der Waals surface area contributed by atoms with Gasteiger partial charge in [0.25, 0.3) is 0 Å². The molecule has 0 atom stereocenters. The van der Waals surface area contributed by atoms with Gasteiger partial charge < -0.3 is 16.2 Å². The number of nitrogens with two attached hydrogens (primary N) is 1. The minimum Gasteiger partial charge on any atom is -0.492 e. The van der Waals surface area contributed by atoms with Gasteiger partial charge in [-0.15, -0.1) is 0 Å². The maximum Gasteiger partial charge on any atom is 0.239 e. The lowest BCUT2D eigenvalue weighted by Gasteiger charge is -2.05. The number of rotatable bonds is 8. The topological polar surface area (TPSA) is 84.1 Å². The molecule has 1 aromatic rings. The smallest absolute Gasteiger partial charge is 0.239 e. The van der Waals surface area contributed by atoms with Gasteiger partial charge in [0.15, 0.2) is 0 Å². The van der Waals surface area contributed by atoms with Crippen molar-refractivity contribution in [3.8, 4) is 5.88 Å². The number of nitrogens with zero attached hydrogens (tertiary/aromatic N) is 2. The largest absolute Gasteiger partial charge is 0.492 e. The summed E-state index contributed by atoms with van der Waals surface area (Å²) in [5, 5.41) is 12.3. The fraction of sp³-hybridized carbons (Fsp3) is 0.667. The van der Waals surface area contributed by atoms with Crippen LogP contribution in [0.1, 0.15) is 45.4 Å². The Balaban J connectivity index is 2.11. The molecular formula is C12H22N4O. The summed E-state index contributed by atoms with van der Waals surface area (Å²) in [4.78, 5) is 7.81. The Morgan fingerprint density at radius 2 is 1.94 bits per heavy atom. The monoisotopic (exact) mass is 238 g/mol. The number of unbranched alkanes of at least 4 members (excludes halogenated alkanes) is 5. The van der Waals surface area contributed by atoms with Gasteiger partial charge in [0, 0.05) is 6.54 Å². The van der Waals surface area contributed by atoms with Crippen LogP contribution in [0.2, 0.25) is 0 Å².